The first-order valence-electron chi connectivity index (χ1n) is 9.29. The molecule has 1 N–H and O–H groups in total. The Bertz CT molecular complexity index is 1040. The Labute approximate surface area is 163 Å². The molecule has 3 aromatic rings. The predicted octanol–water partition coefficient (Wildman–Crippen LogP) is 4.39. The number of hydrogen-bond donors (Lipinski definition) is 1. The largest absolute Gasteiger partial charge is 0.507 e. The second kappa shape index (κ2) is 7.57. The van der Waals surface area contributed by atoms with Gasteiger partial charge in [0.1, 0.15) is 11.6 Å². The molecule has 4 nitrogen and oxygen atoms in total. The van der Waals surface area contributed by atoms with E-state index in [4.69, 9.17) is 16.6 Å². The quantitative estimate of drug-likeness (QED) is 0.730. The predicted molar refractivity (Wildman–Crippen MR) is 107 cm³/mol. The van der Waals surface area contributed by atoms with Crippen molar-refractivity contribution < 1.29 is 5.11 Å². The highest BCUT2D eigenvalue weighted by Crippen LogP contribution is 2.29. The Kier molecular flexibility index (Phi) is 4.99. The molecule has 0 radical (unpaired) electrons. The molecular formula is C22H21ClN2O2. The summed E-state index contributed by atoms with van der Waals surface area (Å²) in [5, 5.41) is 11.0. The third-order valence-corrected chi connectivity index (χ3v) is 5.51. The van der Waals surface area contributed by atoms with Gasteiger partial charge in [0, 0.05) is 17.1 Å². The highest BCUT2D eigenvalue weighted by molar-refractivity contribution is 6.31. The molecule has 1 aliphatic rings. The monoisotopic (exact) mass is 380 g/mol. The summed E-state index contributed by atoms with van der Waals surface area (Å²) in [6, 6.07) is 14.7. The van der Waals surface area contributed by atoms with Gasteiger partial charge in [-0.25, -0.2) is 4.98 Å². The van der Waals surface area contributed by atoms with E-state index in [1.165, 1.54) is 0 Å². The lowest BCUT2D eigenvalue weighted by atomic mass is 9.96. The molecule has 27 heavy (non-hydrogen) atoms. The number of aryl methyl sites for hydroxylation is 2. The summed E-state index contributed by atoms with van der Waals surface area (Å²) in [6.07, 6.45) is 4.28. The van der Waals surface area contributed by atoms with Gasteiger partial charge in [-0.15, -0.1) is 0 Å². The van der Waals surface area contributed by atoms with Crippen molar-refractivity contribution in [1.82, 2.24) is 9.55 Å². The summed E-state index contributed by atoms with van der Waals surface area (Å²) in [4.78, 5) is 18.0. The SMILES string of the molecule is O=c1c2c(nc(-c3ccccc3O)n1CCc1ccccc1Cl)CCCC2. The van der Waals surface area contributed by atoms with E-state index in [9.17, 15) is 9.90 Å². The van der Waals surface area contributed by atoms with Gasteiger partial charge >= 0.3 is 0 Å². The molecule has 0 aliphatic heterocycles. The minimum absolute atomic E-state index is 0.00464. The highest BCUT2D eigenvalue weighted by Gasteiger charge is 2.21. The fourth-order valence-corrected chi connectivity index (χ4v) is 3.93. The van der Waals surface area contributed by atoms with Gasteiger partial charge in [-0.05, 0) is 55.9 Å². The number of para-hydroxylation sites is 1. The van der Waals surface area contributed by atoms with Gasteiger partial charge in [0.15, 0.2) is 0 Å². The maximum absolute atomic E-state index is 13.2. The van der Waals surface area contributed by atoms with Crippen molar-refractivity contribution in [2.45, 2.75) is 38.6 Å². The van der Waals surface area contributed by atoms with Gasteiger partial charge in [-0.2, -0.15) is 0 Å². The summed E-state index contributed by atoms with van der Waals surface area (Å²) >= 11 is 6.28. The average Bonchev–Trinajstić information content (AvgIpc) is 2.69. The number of nitrogens with zero attached hydrogens (tertiary/aromatic N) is 2. The number of aromatic hydroxyl groups is 1. The standard InChI is InChI=1S/C22H21ClN2O2/c23-18-10-4-1-7-15(18)13-14-25-21(17-9-3-6-12-20(17)26)24-19-11-5-2-8-16(19)22(25)27/h1,3-4,6-7,9-10,12,26H,2,5,8,11,13-14H2. The average molecular weight is 381 g/mol. The van der Waals surface area contributed by atoms with E-state index in [0.717, 1.165) is 42.5 Å². The molecule has 5 heteroatoms. The van der Waals surface area contributed by atoms with Crippen molar-refractivity contribution in [3.63, 3.8) is 0 Å². The fraction of sp³-hybridized carbons (Fsp3) is 0.273. The van der Waals surface area contributed by atoms with Crippen molar-refractivity contribution >= 4 is 11.6 Å². The van der Waals surface area contributed by atoms with Crippen LogP contribution in [0.1, 0.15) is 29.7 Å². The molecular weight excluding hydrogens is 360 g/mol. The summed E-state index contributed by atoms with van der Waals surface area (Å²) in [5.74, 6) is 0.664. The summed E-state index contributed by atoms with van der Waals surface area (Å²) in [6.45, 7) is 0.465. The van der Waals surface area contributed by atoms with Crippen LogP contribution in [0.15, 0.2) is 53.3 Å². The lowest BCUT2D eigenvalue weighted by Crippen LogP contribution is -2.31. The molecule has 0 amide bonds. The number of phenols is 1. The third kappa shape index (κ3) is 3.50. The van der Waals surface area contributed by atoms with Gasteiger partial charge in [0.25, 0.3) is 5.56 Å². The molecule has 0 spiro atoms. The van der Waals surface area contributed by atoms with Crippen LogP contribution in [0, 0.1) is 0 Å². The van der Waals surface area contributed by atoms with Gasteiger partial charge < -0.3 is 5.11 Å². The van der Waals surface area contributed by atoms with E-state index in [1.807, 2.05) is 30.3 Å². The minimum atomic E-state index is 0.00464. The highest BCUT2D eigenvalue weighted by atomic mass is 35.5. The Morgan fingerprint density at radius 3 is 2.59 bits per heavy atom. The molecule has 2 aromatic carbocycles. The molecule has 1 heterocycles. The lowest BCUT2D eigenvalue weighted by Gasteiger charge is -2.20. The lowest BCUT2D eigenvalue weighted by molar-refractivity contribution is 0.475. The van der Waals surface area contributed by atoms with Gasteiger partial charge in [-0.3, -0.25) is 9.36 Å². The first-order valence-corrected chi connectivity index (χ1v) is 9.67. The number of hydrogen-bond acceptors (Lipinski definition) is 3. The number of halogens is 1. The Morgan fingerprint density at radius 2 is 1.78 bits per heavy atom. The van der Waals surface area contributed by atoms with Crippen LogP contribution in [0.4, 0.5) is 0 Å². The van der Waals surface area contributed by atoms with E-state index in [0.29, 0.717) is 29.4 Å². The van der Waals surface area contributed by atoms with Crippen LogP contribution < -0.4 is 5.56 Å². The molecule has 0 saturated heterocycles. The molecule has 0 atom stereocenters. The zero-order chi connectivity index (χ0) is 18.8. The Balaban J connectivity index is 1.82. The van der Waals surface area contributed by atoms with Crippen LogP contribution in [0.2, 0.25) is 5.02 Å². The number of rotatable bonds is 4. The van der Waals surface area contributed by atoms with Gasteiger partial charge in [0.2, 0.25) is 0 Å². The van der Waals surface area contributed by atoms with Crippen LogP contribution in [-0.4, -0.2) is 14.7 Å². The van der Waals surface area contributed by atoms with E-state index in [2.05, 4.69) is 0 Å². The topological polar surface area (TPSA) is 55.1 Å². The summed E-state index contributed by atoms with van der Waals surface area (Å²) < 4.78 is 1.70. The Morgan fingerprint density at radius 1 is 1.04 bits per heavy atom. The van der Waals surface area contributed by atoms with Crippen molar-refractivity contribution in [2.75, 3.05) is 0 Å². The summed E-state index contributed by atoms with van der Waals surface area (Å²) in [7, 11) is 0. The number of benzene rings is 2. The van der Waals surface area contributed by atoms with Crippen molar-refractivity contribution in [2.24, 2.45) is 0 Å². The second-order valence-electron chi connectivity index (χ2n) is 6.88. The summed E-state index contributed by atoms with van der Waals surface area (Å²) in [5.41, 5.74) is 3.28. The van der Waals surface area contributed by atoms with E-state index in [1.54, 1.807) is 22.8 Å². The van der Waals surface area contributed by atoms with E-state index < -0.39 is 0 Å². The van der Waals surface area contributed by atoms with Crippen LogP contribution in [0.3, 0.4) is 0 Å². The molecule has 138 valence electrons. The Hall–Kier alpha value is -2.59. The van der Waals surface area contributed by atoms with Gasteiger partial charge in [-0.1, -0.05) is 41.9 Å². The first kappa shape index (κ1) is 17.8. The van der Waals surface area contributed by atoms with Crippen molar-refractivity contribution in [1.29, 1.82) is 0 Å². The number of aromatic nitrogens is 2. The van der Waals surface area contributed by atoms with Gasteiger partial charge in [0.05, 0.1) is 11.3 Å². The molecule has 0 unspecified atom stereocenters. The molecule has 0 bridgehead atoms. The van der Waals surface area contributed by atoms with Crippen LogP contribution in [0.25, 0.3) is 11.4 Å². The molecule has 1 aliphatic carbocycles. The van der Waals surface area contributed by atoms with Crippen molar-refractivity contribution in [3.8, 4) is 17.1 Å². The normalized spacial score (nSPS) is 13.4. The smallest absolute Gasteiger partial charge is 0.257 e. The fourth-order valence-electron chi connectivity index (χ4n) is 3.70. The first-order chi connectivity index (χ1) is 13.1. The zero-order valence-corrected chi connectivity index (χ0v) is 15.7. The van der Waals surface area contributed by atoms with E-state index >= 15 is 0 Å². The maximum atomic E-state index is 13.2. The molecule has 0 fully saturated rings. The second-order valence-corrected chi connectivity index (χ2v) is 7.29. The molecule has 1 aromatic heterocycles. The van der Waals surface area contributed by atoms with Crippen LogP contribution in [0.5, 0.6) is 5.75 Å². The number of fused-ring (bicyclic) bond motifs is 1. The maximum Gasteiger partial charge on any atom is 0.257 e. The molecule has 0 saturated carbocycles. The minimum Gasteiger partial charge on any atom is -0.507 e. The zero-order valence-electron chi connectivity index (χ0n) is 15.0. The third-order valence-electron chi connectivity index (χ3n) is 5.15. The van der Waals surface area contributed by atoms with Crippen molar-refractivity contribution in [3.05, 3.63) is 80.7 Å². The van der Waals surface area contributed by atoms with Crippen LogP contribution >= 0.6 is 11.6 Å². The molecule has 4 rings (SSSR count). The number of phenolic OH excluding ortho intramolecular Hbond substituents is 1. The van der Waals surface area contributed by atoms with Crippen LogP contribution in [-0.2, 0) is 25.8 Å². The van der Waals surface area contributed by atoms with E-state index in [-0.39, 0.29) is 11.3 Å².